The van der Waals surface area contributed by atoms with E-state index in [1.807, 2.05) is 0 Å². The van der Waals surface area contributed by atoms with Crippen LogP contribution in [0.25, 0.3) is 0 Å². The molecule has 1 N–H and O–H groups in total. The summed E-state index contributed by atoms with van der Waals surface area (Å²) in [5, 5.41) is 12.4. The molecule has 1 heterocycles. The standard InChI is InChI=1S/C7H8F3NO2.C3H4BrF3/c8-7(9,10)2-1-6(12)5-3-11-13-4-5;4-2-1-3(5,6)7/h3-4,6,12H,1-2H2;1-2H2. The second-order valence-electron chi connectivity index (χ2n) is 3.68. The van der Waals surface area contributed by atoms with E-state index >= 15 is 0 Å². The van der Waals surface area contributed by atoms with Crippen LogP contribution in [0.15, 0.2) is 17.0 Å². The Labute approximate surface area is 119 Å². The molecular formula is C10H12BrF6NO2. The van der Waals surface area contributed by atoms with Gasteiger partial charge >= 0.3 is 12.4 Å². The number of halogens is 7. The summed E-state index contributed by atoms with van der Waals surface area (Å²) in [6, 6.07) is 0. The molecule has 0 saturated heterocycles. The summed E-state index contributed by atoms with van der Waals surface area (Å²) >= 11 is 2.67. The Bertz CT molecular complexity index is 352. The van der Waals surface area contributed by atoms with E-state index in [9.17, 15) is 31.4 Å². The molecule has 0 amide bonds. The van der Waals surface area contributed by atoms with Crippen LogP contribution in [0.3, 0.4) is 0 Å². The van der Waals surface area contributed by atoms with E-state index < -0.39 is 31.3 Å². The second-order valence-corrected chi connectivity index (χ2v) is 4.47. The lowest BCUT2D eigenvalue weighted by Gasteiger charge is -2.09. The highest BCUT2D eigenvalue weighted by atomic mass is 79.9. The summed E-state index contributed by atoms with van der Waals surface area (Å²) in [4.78, 5) is 0. The summed E-state index contributed by atoms with van der Waals surface area (Å²) in [6.45, 7) is 0. The molecule has 0 spiro atoms. The number of alkyl halides is 7. The topological polar surface area (TPSA) is 46.3 Å². The van der Waals surface area contributed by atoms with Gasteiger partial charge in [0.2, 0.25) is 0 Å². The van der Waals surface area contributed by atoms with Crippen molar-refractivity contribution in [3.05, 3.63) is 18.0 Å². The molecule has 0 aromatic carbocycles. The third kappa shape index (κ3) is 11.1. The molecule has 0 aliphatic heterocycles. The number of aromatic nitrogens is 1. The molecule has 0 saturated carbocycles. The molecule has 1 atom stereocenters. The fourth-order valence-corrected chi connectivity index (χ4v) is 1.40. The Morgan fingerprint density at radius 2 is 1.70 bits per heavy atom. The van der Waals surface area contributed by atoms with Crippen molar-refractivity contribution in [1.29, 1.82) is 0 Å². The first-order chi connectivity index (χ1) is 9.05. The lowest BCUT2D eigenvalue weighted by atomic mass is 10.1. The van der Waals surface area contributed by atoms with E-state index in [4.69, 9.17) is 0 Å². The molecule has 0 aliphatic carbocycles. The van der Waals surface area contributed by atoms with Gasteiger partial charge in [-0.2, -0.15) is 26.3 Å². The highest BCUT2D eigenvalue weighted by molar-refractivity contribution is 9.09. The fraction of sp³-hybridized carbons (Fsp3) is 0.700. The van der Waals surface area contributed by atoms with Gasteiger partial charge in [-0.05, 0) is 6.42 Å². The van der Waals surface area contributed by atoms with E-state index in [1.54, 1.807) is 0 Å². The highest BCUT2D eigenvalue weighted by Crippen LogP contribution is 2.27. The lowest BCUT2D eigenvalue weighted by molar-refractivity contribution is -0.140. The summed E-state index contributed by atoms with van der Waals surface area (Å²) in [6.07, 6.45) is -9.20. The largest absolute Gasteiger partial charge is 0.389 e. The van der Waals surface area contributed by atoms with Crippen molar-refractivity contribution in [3.63, 3.8) is 0 Å². The van der Waals surface area contributed by atoms with Crippen molar-refractivity contribution in [2.45, 2.75) is 37.7 Å². The number of hydrogen-bond donors (Lipinski definition) is 1. The highest BCUT2D eigenvalue weighted by Gasteiger charge is 2.28. The summed E-state index contributed by atoms with van der Waals surface area (Å²) < 4.78 is 72.6. The number of hydrogen-bond acceptors (Lipinski definition) is 3. The molecule has 10 heteroatoms. The van der Waals surface area contributed by atoms with Crippen molar-refractivity contribution in [2.24, 2.45) is 0 Å². The first-order valence-electron chi connectivity index (χ1n) is 5.32. The van der Waals surface area contributed by atoms with Crippen LogP contribution in [0.1, 0.15) is 30.9 Å². The minimum atomic E-state index is -4.24. The van der Waals surface area contributed by atoms with Crippen molar-refractivity contribution in [3.8, 4) is 0 Å². The molecule has 1 aromatic rings. The molecule has 0 fully saturated rings. The predicted octanol–water partition coefficient (Wildman–Crippen LogP) is 4.38. The SMILES string of the molecule is FC(F)(F)CCBr.OC(CCC(F)(F)F)c1cnoc1. The van der Waals surface area contributed by atoms with Gasteiger partial charge in [0.25, 0.3) is 0 Å². The van der Waals surface area contributed by atoms with Gasteiger partial charge in [0.1, 0.15) is 6.26 Å². The Kier molecular flexibility index (Phi) is 8.17. The average molecular weight is 372 g/mol. The van der Waals surface area contributed by atoms with Crippen LogP contribution in [0, 0.1) is 0 Å². The van der Waals surface area contributed by atoms with Gasteiger partial charge in [0.05, 0.1) is 18.7 Å². The van der Waals surface area contributed by atoms with E-state index in [0.717, 1.165) is 6.26 Å². The number of aliphatic hydroxyl groups is 1. The zero-order chi connectivity index (χ0) is 15.8. The molecule has 3 nitrogen and oxygen atoms in total. The van der Waals surface area contributed by atoms with E-state index in [2.05, 4.69) is 25.6 Å². The van der Waals surface area contributed by atoms with Gasteiger partial charge in [-0.1, -0.05) is 21.1 Å². The van der Waals surface area contributed by atoms with Crippen molar-refractivity contribution in [2.75, 3.05) is 5.33 Å². The van der Waals surface area contributed by atoms with Gasteiger partial charge in [-0.25, -0.2) is 0 Å². The van der Waals surface area contributed by atoms with E-state index in [-0.39, 0.29) is 17.3 Å². The molecule has 118 valence electrons. The lowest BCUT2D eigenvalue weighted by Crippen LogP contribution is -2.09. The zero-order valence-corrected chi connectivity index (χ0v) is 11.6. The Balaban J connectivity index is 0.000000441. The van der Waals surface area contributed by atoms with Gasteiger partial charge in [-0.15, -0.1) is 0 Å². The number of aliphatic hydroxyl groups excluding tert-OH is 1. The average Bonchev–Trinajstić information content (AvgIpc) is 2.77. The van der Waals surface area contributed by atoms with E-state index in [1.165, 1.54) is 6.20 Å². The summed E-state index contributed by atoms with van der Waals surface area (Å²) in [5.74, 6) is 0. The monoisotopic (exact) mass is 371 g/mol. The summed E-state index contributed by atoms with van der Waals surface area (Å²) in [7, 11) is 0. The van der Waals surface area contributed by atoms with Gasteiger partial charge in [-0.3, -0.25) is 0 Å². The number of rotatable bonds is 4. The Hall–Kier alpha value is -0.770. The van der Waals surface area contributed by atoms with Crippen LogP contribution in [-0.2, 0) is 0 Å². The normalized spacial score (nSPS) is 13.6. The van der Waals surface area contributed by atoms with Crippen molar-refractivity contribution >= 4 is 15.9 Å². The third-order valence-corrected chi connectivity index (χ3v) is 2.31. The van der Waals surface area contributed by atoms with Gasteiger partial charge < -0.3 is 9.63 Å². The molecule has 0 radical (unpaired) electrons. The first-order valence-corrected chi connectivity index (χ1v) is 6.44. The van der Waals surface area contributed by atoms with Crippen molar-refractivity contribution < 1.29 is 36.0 Å². The minimum Gasteiger partial charge on any atom is -0.388 e. The second kappa shape index (κ2) is 8.50. The predicted molar refractivity (Wildman–Crippen MR) is 61.2 cm³/mol. The van der Waals surface area contributed by atoms with Gasteiger partial charge in [0.15, 0.2) is 0 Å². The molecule has 1 aromatic heterocycles. The molecule has 0 aliphatic rings. The maximum Gasteiger partial charge on any atom is 0.389 e. The maximum atomic E-state index is 11.7. The van der Waals surface area contributed by atoms with Crippen LogP contribution in [0.5, 0.6) is 0 Å². The molecule has 0 bridgehead atoms. The molecular weight excluding hydrogens is 360 g/mol. The molecule has 1 unspecified atom stereocenters. The Morgan fingerprint density at radius 1 is 1.15 bits per heavy atom. The zero-order valence-electron chi connectivity index (χ0n) is 10.0. The van der Waals surface area contributed by atoms with Crippen LogP contribution < -0.4 is 0 Å². The van der Waals surface area contributed by atoms with Crippen LogP contribution in [0.2, 0.25) is 0 Å². The number of nitrogens with zero attached hydrogens (tertiary/aromatic N) is 1. The first kappa shape index (κ1) is 19.2. The van der Waals surface area contributed by atoms with Crippen molar-refractivity contribution in [1.82, 2.24) is 5.16 Å². The quantitative estimate of drug-likeness (QED) is 0.630. The van der Waals surface area contributed by atoms with Crippen LogP contribution >= 0.6 is 15.9 Å². The molecule has 20 heavy (non-hydrogen) atoms. The molecule has 1 rings (SSSR count). The minimum absolute atomic E-state index is 0.00347. The maximum absolute atomic E-state index is 11.7. The van der Waals surface area contributed by atoms with Crippen LogP contribution in [-0.4, -0.2) is 27.9 Å². The third-order valence-electron chi connectivity index (χ3n) is 1.92. The Morgan fingerprint density at radius 3 is 2.00 bits per heavy atom. The van der Waals surface area contributed by atoms with E-state index in [0.29, 0.717) is 0 Å². The van der Waals surface area contributed by atoms with Crippen LogP contribution in [0.4, 0.5) is 26.3 Å². The van der Waals surface area contributed by atoms with Gasteiger partial charge in [0, 0.05) is 17.3 Å². The fourth-order valence-electron chi connectivity index (χ4n) is 0.952. The summed E-state index contributed by atoms with van der Waals surface area (Å²) in [5.41, 5.74) is 0.268. The smallest absolute Gasteiger partial charge is 0.388 e.